The fourth-order valence-corrected chi connectivity index (χ4v) is 3.18. The maximum Gasteiger partial charge on any atom is 0.405 e. The van der Waals surface area contributed by atoms with Gasteiger partial charge in [-0.05, 0) is 35.7 Å². The van der Waals surface area contributed by atoms with Crippen molar-refractivity contribution in [2.45, 2.75) is 26.8 Å². The van der Waals surface area contributed by atoms with Gasteiger partial charge in [-0.25, -0.2) is 14.2 Å². The summed E-state index contributed by atoms with van der Waals surface area (Å²) in [6.45, 7) is 5.45. The summed E-state index contributed by atoms with van der Waals surface area (Å²) in [5.41, 5.74) is 1.48. The van der Waals surface area contributed by atoms with E-state index in [1.54, 1.807) is 6.07 Å². The molecular formula is C22H23FN2O3. The first-order valence-corrected chi connectivity index (χ1v) is 8.99. The van der Waals surface area contributed by atoms with Crippen molar-refractivity contribution in [3.63, 3.8) is 0 Å². The predicted molar refractivity (Wildman–Crippen MR) is 108 cm³/mol. The number of halogens is 1. The number of hydrogen-bond donors (Lipinski definition) is 2. The Hall–Kier alpha value is -3.15. The van der Waals surface area contributed by atoms with Crippen molar-refractivity contribution in [2.24, 2.45) is 5.41 Å². The highest BCUT2D eigenvalue weighted by Crippen LogP contribution is 2.27. The van der Waals surface area contributed by atoms with E-state index < -0.39 is 17.6 Å². The normalized spacial score (nSPS) is 13.5. The molecule has 0 bridgehead atoms. The molecule has 0 aliphatic rings. The molecule has 3 aromatic rings. The average molecular weight is 382 g/mol. The molecule has 0 aliphatic heterocycles. The van der Waals surface area contributed by atoms with Gasteiger partial charge in [-0.15, -0.1) is 0 Å². The van der Waals surface area contributed by atoms with Crippen LogP contribution in [-0.2, 0) is 0 Å². The van der Waals surface area contributed by atoms with Gasteiger partial charge in [0.2, 0.25) is 0 Å². The molecule has 6 heteroatoms. The molecule has 0 saturated heterocycles. The minimum absolute atomic E-state index is 0.0643. The summed E-state index contributed by atoms with van der Waals surface area (Å²) in [6, 6.07) is 14.6. The van der Waals surface area contributed by atoms with Crippen molar-refractivity contribution in [3.8, 4) is 5.75 Å². The van der Waals surface area contributed by atoms with Gasteiger partial charge in [0, 0.05) is 16.3 Å². The third-order valence-electron chi connectivity index (χ3n) is 4.54. The molecule has 2 aromatic carbocycles. The van der Waals surface area contributed by atoms with Gasteiger partial charge in [-0.3, -0.25) is 0 Å². The van der Waals surface area contributed by atoms with E-state index in [1.807, 2.05) is 63.2 Å². The molecule has 1 atom stereocenters. The lowest BCUT2D eigenvalue weighted by molar-refractivity contribution is 0.177. The van der Waals surface area contributed by atoms with Crippen LogP contribution in [0.2, 0.25) is 0 Å². The Morgan fingerprint density at radius 2 is 1.89 bits per heavy atom. The fourth-order valence-electron chi connectivity index (χ4n) is 3.18. The van der Waals surface area contributed by atoms with E-state index in [9.17, 15) is 9.18 Å². The minimum Gasteiger partial charge on any atom is -0.489 e. The summed E-state index contributed by atoms with van der Waals surface area (Å²) in [7, 11) is 0. The molecule has 5 nitrogen and oxygen atoms in total. The third kappa shape index (κ3) is 4.39. The Morgan fingerprint density at radius 3 is 2.57 bits per heavy atom. The van der Waals surface area contributed by atoms with E-state index in [0.29, 0.717) is 12.1 Å². The van der Waals surface area contributed by atoms with Crippen molar-refractivity contribution in [3.05, 3.63) is 60.4 Å². The summed E-state index contributed by atoms with van der Waals surface area (Å²) in [5, 5.41) is 13.4. The number of benzene rings is 2. The lowest BCUT2D eigenvalue weighted by Gasteiger charge is -2.32. The van der Waals surface area contributed by atoms with Crippen LogP contribution in [0.3, 0.4) is 0 Å². The summed E-state index contributed by atoms with van der Waals surface area (Å²) >= 11 is 0. The number of ether oxygens (including phenoxy) is 1. The number of fused-ring (bicyclic) bond motifs is 2. The molecule has 1 unspecified atom stereocenters. The molecule has 28 heavy (non-hydrogen) atoms. The molecule has 1 aromatic heterocycles. The molecule has 2 N–H and O–H groups in total. The number of aromatic nitrogens is 1. The number of para-hydroxylation sites is 1. The number of nitrogens with zero attached hydrogens (tertiary/aromatic N) is 1. The molecule has 0 spiro atoms. The second kappa shape index (κ2) is 7.84. The Labute approximate surface area is 162 Å². The maximum absolute atomic E-state index is 13.5. The number of pyridine rings is 1. The number of carbonyl (C=O) groups is 1. The molecule has 0 aliphatic carbocycles. The Kier molecular flexibility index (Phi) is 5.49. The van der Waals surface area contributed by atoms with E-state index >= 15 is 0 Å². The molecular weight excluding hydrogens is 359 g/mol. The summed E-state index contributed by atoms with van der Waals surface area (Å²) in [4.78, 5) is 15.7. The number of nitrogens with one attached hydrogen (secondary N) is 1. The Bertz CT molecular complexity index is 1040. The second-order valence-corrected chi connectivity index (χ2v) is 7.76. The van der Waals surface area contributed by atoms with Crippen molar-refractivity contribution < 1.29 is 19.0 Å². The lowest BCUT2D eigenvalue weighted by atomic mass is 9.82. The minimum atomic E-state index is -1.21. The van der Waals surface area contributed by atoms with E-state index in [4.69, 9.17) is 9.84 Å². The number of rotatable bonds is 5. The van der Waals surface area contributed by atoms with Gasteiger partial charge in [0.15, 0.2) is 0 Å². The quantitative estimate of drug-likeness (QED) is 0.587. The molecule has 3 rings (SSSR count). The van der Waals surface area contributed by atoms with Crippen LogP contribution in [0.15, 0.2) is 60.4 Å². The van der Waals surface area contributed by atoms with Crippen LogP contribution < -0.4 is 10.1 Å². The summed E-state index contributed by atoms with van der Waals surface area (Å²) < 4.78 is 19.3. The van der Waals surface area contributed by atoms with Gasteiger partial charge in [0.25, 0.3) is 0 Å². The lowest BCUT2D eigenvalue weighted by Crippen LogP contribution is -2.45. The highest BCUT2D eigenvalue weighted by molar-refractivity contribution is 5.93. The fraction of sp³-hybridized carbons (Fsp3) is 0.273. The zero-order chi connectivity index (χ0) is 20.3. The first kappa shape index (κ1) is 19.6. The maximum atomic E-state index is 13.5. The predicted octanol–water partition coefficient (Wildman–Crippen LogP) is 5.30. The monoisotopic (exact) mass is 382 g/mol. The van der Waals surface area contributed by atoms with Gasteiger partial charge in [-0.2, -0.15) is 0 Å². The molecule has 0 saturated carbocycles. The highest BCUT2D eigenvalue weighted by atomic mass is 19.1. The van der Waals surface area contributed by atoms with Crippen molar-refractivity contribution in [1.29, 1.82) is 0 Å². The van der Waals surface area contributed by atoms with Gasteiger partial charge in [0.05, 0.1) is 23.4 Å². The SMILES string of the molecule is CC(C)(C)C(NC(=O)O)/C(=C\F)COc1ccc2nc3ccccc3cc2c1. The van der Waals surface area contributed by atoms with E-state index in [-0.39, 0.29) is 12.2 Å². The first-order valence-electron chi connectivity index (χ1n) is 8.99. The van der Waals surface area contributed by atoms with Crippen LogP contribution in [0.25, 0.3) is 21.8 Å². The Morgan fingerprint density at radius 1 is 1.18 bits per heavy atom. The van der Waals surface area contributed by atoms with Crippen LogP contribution in [0.5, 0.6) is 5.75 Å². The number of hydrogen-bond acceptors (Lipinski definition) is 3. The van der Waals surface area contributed by atoms with E-state index in [0.717, 1.165) is 21.8 Å². The van der Waals surface area contributed by atoms with Crippen LogP contribution in [0, 0.1) is 5.41 Å². The van der Waals surface area contributed by atoms with Crippen molar-refractivity contribution >= 4 is 27.9 Å². The van der Waals surface area contributed by atoms with E-state index in [1.165, 1.54) is 0 Å². The van der Waals surface area contributed by atoms with Gasteiger partial charge < -0.3 is 15.2 Å². The van der Waals surface area contributed by atoms with Gasteiger partial charge >= 0.3 is 6.09 Å². The smallest absolute Gasteiger partial charge is 0.405 e. The summed E-state index contributed by atoms with van der Waals surface area (Å²) in [5.74, 6) is 0.562. The first-order chi connectivity index (χ1) is 13.3. The van der Waals surface area contributed by atoms with Gasteiger partial charge in [0.1, 0.15) is 12.4 Å². The average Bonchev–Trinajstić information content (AvgIpc) is 2.64. The number of amides is 1. The molecule has 0 radical (unpaired) electrons. The van der Waals surface area contributed by atoms with E-state index in [2.05, 4.69) is 10.3 Å². The van der Waals surface area contributed by atoms with Crippen molar-refractivity contribution in [2.75, 3.05) is 6.61 Å². The largest absolute Gasteiger partial charge is 0.489 e. The van der Waals surface area contributed by atoms with Crippen LogP contribution in [-0.4, -0.2) is 28.8 Å². The topological polar surface area (TPSA) is 71.5 Å². The highest BCUT2D eigenvalue weighted by Gasteiger charge is 2.30. The standard InChI is InChI=1S/C22H23FN2O3/c1-22(2,3)20(25-21(26)27)16(12-23)13-28-17-8-9-19-15(11-17)10-14-6-4-5-7-18(14)24-19/h4-12,20,25H,13H2,1-3H3,(H,26,27)/b16-12-. The zero-order valence-corrected chi connectivity index (χ0v) is 16.1. The second-order valence-electron chi connectivity index (χ2n) is 7.76. The van der Waals surface area contributed by atoms with Crippen LogP contribution in [0.4, 0.5) is 9.18 Å². The molecule has 1 heterocycles. The van der Waals surface area contributed by atoms with Crippen molar-refractivity contribution in [1.82, 2.24) is 10.3 Å². The third-order valence-corrected chi connectivity index (χ3v) is 4.54. The van der Waals surface area contributed by atoms with Gasteiger partial charge in [-0.1, -0.05) is 39.0 Å². The summed E-state index contributed by atoms with van der Waals surface area (Å²) in [6.07, 6.45) is -0.787. The zero-order valence-electron chi connectivity index (χ0n) is 16.1. The molecule has 1 amide bonds. The molecule has 0 fully saturated rings. The molecule has 146 valence electrons. The Balaban J connectivity index is 1.83. The van der Waals surface area contributed by atoms with Crippen LogP contribution >= 0.6 is 0 Å². The van der Waals surface area contributed by atoms with Crippen LogP contribution in [0.1, 0.15) is 20.8 Å². The number of carboxylic acid groups (broad SMARTS) is 1.